The second-order valence-electron chi connectivity index (χ2n) is 6.28. The van der Waals surface area contributed by atoms with E-state index >= 15 is 0 Å². The number of anilines is 1. The van der Waals surface area contributed by atoms with Gasteiger partial charge in [-0.1, -0.05) is 0 Å². The minimum absolute atomic E-state index is 0.109. The summed E-state index contributed by atoms with van der Waals surface area (Å²) in [4.78, 5) is 41.8. The summed E-state index contributed by atoms with van der Waals surface area (Å²) in [5, 5.41) is 32.1. The van der Waals surface area contributed by atoms with Crippen LogP contribution in [-0.4, -0.2) is 61.5 Å². The number of fused-ring (bicyclic) bond motifs is 1. The molecule has 1 aromatic carbocycles. The maximum atomic E-state index is 10.1. The fourth-order valence-electron chi connectivity index (χ4n) is 2.69. The third-order valence-electron chi connectivity index (χ3n) is 4.10. The number of hydrogen-bond acceptors (Lipinski definition) is 13. The Morgan fingerprint density at radius 1 is 1.00 bits per heavy atom. The Morgan fingerprint density at radius 3 is 2.18 bits per heavy atom. The molecule has 0 bridgehead atoms. The van der Waals surface area contributed by atoms with Crippen LogP contribution in [0.15, 0.2) is 24.5 Å². The van der Waals surface area contributed by atoms with Gasteiger partial charge in [0.1, 0.15) is 17.7 Å². The fourth-order valence-corrected chi connectivity index (χ4v) is 2.69. The number of methoxy groups -OCH3 is 3. The molecule has 1 N–H and O–H groups in total. The van der Waals surface area contributed by atoms with Crippen molar-refractivity contribution in [1.29, 1.82) is 0 Å². The van der Waals surface area contributed by atoms with E-state index in [0.29, 0.717) is 53.7 Å². The van der Waals surface area contributed by atoms with Gasteiger partial charge in [0, 0.05) is 6.54 Å². The third-order valence-corrected chi connectivity index (χ3v) is 4.10. The number of carbonyl (C=O) groups excluding carboxylic acids is 2. The van der Waals surface area contributed by atoms with Crippen molar-refractivity contribution in [3.05, 3.63) is 34.7 Å². The number of hydrogen-bond donors (Lipinski definition) is 1. The number of nitrogens with zero attached hydrogens (tertiary/aromatic N) is 3. The molecule has 0 aliphatic heterocycles. The van der Waals surface area contributed by atoms with E-state index in [1.165, 1.54) is 13.4 Å². The van der Waals surface area contributed by atoms with Crippen molar-refractivity contribution in [2.24, 2.45) is 0 Å². The van der Waals surface area contributed by atoms with E-state index < -0.39 is 17.0 Å². The van der Waals surface area contributed by atoms with Crippen LogP contribution < -0.4 is 29.7 Å². The van der Waals surface area contributed by atoms with Gasteiger partial charge >= 0.3 is 0 Å². The predicted octanol–water partition coefficient (Wildman–Crippen LogP) is -0.511. The van der Waals surface area contributed by atoms with Crippen LogP contribution in [0, 0.1) is 10.1 Å². The molecular formula is C20H24N4O10-2. The van der Waals surface area contributed by atoms with Crippen molar-refractivity contribution in [1.82, 2.24) is 9.97 Å². The molecule has 0 aliphatic carbocycles. The molecule has 2 rings (SSSR count). The second kappa shape index (κ2) is 14.7. The molecule has 1 aromatic heterocycles. The van der Waals surface area contributed by atoms with Gasteiger partial charge in [-0.25, -0.2) is 9.97 Å². The van der Waals surface area contributed by atoms with E-state index in [1.807, 2.05) is 0 Å². The number of carboxylic acids is 2. The first kappa shape index (κ1) is 27.7. The number of aliphatic carboxylic acids is 2. The van der Waals surface area contributed by atoms with E-state index in [1.54, 1.807) is 20.3 Å². The van der Waals surface area contributed by atoms with Crippen LogP contribution >= 0.6 is 0 Å². The zero-order chi connectivity index (χ0) is 25.5. The van der Waals surface area contributed by atoms with Crippen LogP contribution in [0.5, 0.6) is 17.2 Å². The molecule has 2 aromatic rings. The van der Waals surface area contributed by atoms with Gasteiger partial charge in [0.05, 0.1) is 45.3 Å². The molecular weight excluding hydrogens is 456 g/mol. The molecule has 0 saturated carbocycles. The highest BCUT2D eigenvalue weighted by molar-refractivity contribution is 5.96. The summed E-state index contributed by atoms with van der Waals surface area (Å²) < 4.78 is 16.2. The van der Waals surface area contributed by atoms with Gasteiger partial charge in [0.25, 0.3) is 5.09 Å². The van der Waals surface area contributed by atoms with E-state index in [9.17, 15) is 29.9 Å². The fraction of sp³-hybridized carbons (Fsp3) is 0.400. The molecule has 0 radical (unpaired) electrons. The summed E-state index contributed by atoms with van der Waals surface area (Å²) in [6.07, 6.45) is 4.45. The first-order valence-corrected chi connectivity index (χ1v) is 9.80. The third kappa shape index (κ3) is 9.02. The maximum Gasteiger partial charge on any atom is 0.294 e. The number of unbranched alkanes of at least 4 members (excludes halogenated alkanes) is 2. The first-order valence-electron chi connectivity index (χ1n) is 9.80. The summed E-state index contributed by atoms with van der Waals surface area (Å²) in [5.74, 6) is -0.979. The van der Waals surface area contributed by atoms with Crippen molar-refractivity contribution in [3.63, 3.8) is 0 Å². The van der Waals surface area contributed by atoms with Gasteiger partial charge < -0.3 is 44.2 Å². The number of benzene rings is 1. The van der Waals surface area contributed by atoms with Crippen LogP contribution in [0.4, 0.5) is 5.82 Å². The quantitative estimate of drug-likeness (QED) is 0.166. The summed E-state index contributed by atoms with van der Waals surface area (Å²) in [6, 6.07) is 1.80. The molecule has 0 fully saturated rings. The number of nitrogens with one attached hydrogen (secondary N) is 1. The van der Waals surface area contributed by atoms with Gasteiger partial charge in [0.15, 0.2) is 11.5 Å². The second-order valence-corrected chi connectivity index (χ2v) is 6.28. The van der Waals surface area contributed by atoms with Gasteiger partial charge in [0.2, 0.25) is 5.75 Å². The van der Waals surface area contributed by atoms with E-state index in [2.05, 4.69) is 20.1 Å². The Morgan fingerprint density at radius 2 is 1.65 bits per heavy atom. The average Bonchev–Trinajstić information content (AvgIpc) is 2.81. The normalized spacial score (nSPS) is 10.2. The molecule has 0 spiro atoms. The van der Waals surface area contributed by atoms with Crippen LogP contribution in [0.2, 0.25) is 0 Å². The summed E-state index contributed by atoms with van der Waals surface area (Å²) in [6.45, 7) is 0.763. The van der Waals surface area contributed by atoms with Crippen molar-refractivity contribution < 1.29 is 43.9 Å². The van der Waals surface area contributed by atoms with Gasteiger partial charge in [-0.15, -0.1) is 10.1 Å². The van der Waals surface area contributed by atoms with Gasteiger partial charge in [-0.05, 0) is 37.5 Å². The largest absolute Gasteiger partial charge is 0.545 e. The number of carbonyl (C=O) groups is 2. The van der Waals surface area contributed by atoms with Crippen LogP contribution in [0.1, 0.15) is 19.3 Å². The molecule has 1 heterocycles. The summed E-state index contributed by atoms with van der Waals surface area (Å²) in [7, 11) is 4.63. The average molecular weight is 480 g/mol. The lowest BCUT2D eigenvalue weighted by molar-refractivity contribution is -0.757. The molecule has 0 aliphatic rings. The lowest BCUT2D eigenvalue weighted by Gasteiger charge is -2.15. The minimum Gasteiger partial charge on any atom is -0.545 e. The van der Waals surface area contributed by atoms with Crippen molar-refractivity contribution in [2.45, 2.75) is 19.3 Å². The van der Waals surface area contributed by atoms with Crippen molar-refractivity contribution in [2.75, 3.05) is 39.8 Å². The lowest BCUT2D eigenvalue weighted by Crippen LogP contribution is -2.23. The Labute approximate surface area is 194 Å². The Hall–Kier alpha value is -4.36. The molecule has 0 amide bonds. The van der Waals surface area contributed by atoms with Crippen LogP contribution in [0.25, 0.3) is 10.9 Å². The van der Waals surface area contributed by atoms with Crippen LogP contribution in [0.3, 0.4) is 0 Å². The number of ether oxygens (including phenoxy) is 3. The number of rotatable bonds is 13. The Bertz CT molecular complexity index is 997. The molecule has 186 valence electrons. The SMILES string of the molecule is COc1cc2c(NCCCCCO[N+](=O)[O-])ncnc2c(OC)c1OC.O=C([O-])/C=C\C(=O)[O-]. The van der Waals surface area contributed by atoms with Crippen LogP contribution in [-0.2, 0) is 14.4 Å². The Balaban J connectivity index is 0.000000620. The first-order chi connectivity index (χ1) is 16.2. The number of carboxylic acid groups (broad SMARTS) is 2. The standard InChI is InChI=1S/C16H22N4O6.C4H4O4/c1-23-12-9-11-13(15(25-3)14(12)24-2)18-10-19-16(11)17-7-5-4-6-8-26-20(21)22;5-3(6)1-2-4(7)8/h9-10H,4-8H2,1-3H3,(H,17,18,19);1-2H,(H,5,6)(H,7,8)/p-2/b;2-1-. The minimum atomic E-state index is -1.55. The Kier molecular flexibility index (Phi) is 11.9. The monoisotopic (exact) mass is 480 g/mol. The highest BCUT2D eigenvalue weighted by atomic mass is 16.9. The lowest BCUT2D eigenvalue weighted by atomic mass is 10.1. The van der Waals surface area contributed by atoms with Crippen molar-refractivity contribution in [3.8, 4) is 17.2 Å². The van der Waals surface area contributed by atoms with Gasteiger partial charge in [-0.2, -0.15) is 0 Å². The molecule has 0 unspecified atom stereocenters. The van der Waals surface area contributed by atoms with E-state index in [0.717, 1.165) is 18.2 Å². The van der Waals surface area contributed by atoms with E-state index in [4.69, 9.17) is 14.2 Å². The van der Waals surface area contributed by atoms with Crippen molar-refractivity contribution >= 4 is 28.7 Å². The smallest absolute Gasteiger partial charge is 0.294 e. The van der Waals surface area contributed by atoms with E-state index in [-0.39, 0.29) is 6.61 Å². The predicted molar refractivity (Wildman–Crippen MR) is 114 cm³/mol. The maximum absolute atomic E-state index is 10.1. The number of aromatic nitrogens is 2. The highest BCUT2D eigenvalue weighted by Gasteiger charge is 2.19. The highest BCUT2D eigenvalue weighted by Crippen LogP contribution is 2.43. The summed E-state index contributed by atoms with van der Waals surface area (Å²) >= 11 is 0. The zero-order valence-electron chi connectivity index (χ0n) is 18.8. The summed E-state index contributed by atoms with van der Waals surface area (Å²) in [5.41, 5.74) is 0.613. The topological polar surface area (TPSA) is 198 Å². The molecule has 14 nitrogen and oxygen atoms in total. The molecule has 0 atom stereocenters. The molecule has 14 heteroatoms. The molecule has 0 saturated heterocycles. The zero-order valence-corrected chi connectivity index (χ0v) is 18.8. The van der Waals surface area contributed by atoms with Gasteiger partial charge in [-0.3, -0.25) is 0 Å². The molecule has 34 heavy (non-hydrogen) atoms.